The molecule has 4 rings (SSSR count). The summed E-state index contributed by atoms with van der Waals surface area (Å²) < 4.78 is 20.7. The first-order chi connectivity index (χ1) is 18.0. The van der Waals surface area contributed by atoms with Gasteiger partial charge in [0, 0.05) is 66.5 Å². The zero-order valence-electron chi connectivity index (χ0n) is 21.6. The molecule has 196 valence electrons. The molecule has 0 spiro atoms. The lowest BCUT2D eigenvalue weighted by Gasteiger charge is -2.34. The third-order valence-corrected chi connectivity index (χ3v) is 6.25. The lowest BCUT2D eigenvalue weighted by Crippen LogP contribution is -2.52. The van der Waals surface area contributed by atoms with E-state index in [-0.39, 0.29) is 12.5 Å². The number of aryl methyl sites for hydroxylation is 1. The normalized spacial score (nSPS) is 17.1. The lowest BCUT2D eigenvalue weighted by molar-refractivity contribution is 0.279. The SMILES string of the molecule is C=N/C(=C\C(=N/COc1ccc2[nH]c(C)cc2c1F)N1CCNC(CC)C1)Nc1cc(C/C=C/C)[nH]n1. The van der Waals surface area contributed by atoms with Crippen molar-refractivity contribution in [3.63, 3.8) is 0 Å². The average molecular weight is 507 g/mol. The number of fused-ring (bicyclic) bond motifs is 1. The van der Waals surface area contributed by atoms with Crippen LogP contribution >= 0.6 is 0 Å². The number of H-pyrrole nitrogens is 2. The number of amidine groups is 1. The van der Waals surface area contributed by atoms with Gasteiger partial charge in [-0.05, 0) is 45.2 Å². The van der Waals surface area contributed by atoms with E-state index in [2.05, 4.69) is 60.4 Å². The third kappa shape index (κ3) is 6.65. The van der Waals surface area contributed by atoms with Crippen LogP contribution in [0.5, 0.6) is 5.75 Å². The molecule has 9 nitrogen and oxygen atoms in total. The molecule has 0 saturated carbocycles. The molecule has 1 aliphatic rings. The monoisotopic (exact) mass is 506 g/mol. The Labute approximate surface area is 216 Å². The van der Waals surface area contributed by atoms with E-state index in [4.69, 9.17) is 4.74 Å². The Hall–Kier alpha value is -3.92. The number of hydrogen-bond donors (Lipinski definition) is 4. The average Bonchev–Trinajstić information content (AvgIpc) is 3.53. The highest BCUT2D eigenvalue weighted by molar-refractivity contribution is 5.94. The number of nitrogens with one attached hydrogen (secondary N) is 4. The Morgan fingerprint density at radius 1 is 1.38 bits per heavy atom. The number of ether oxygens (including phenoxy) is 1. The van der Waals surface area contributed by atoms with Crippen molar-refractivity contribution in [1.29, 1.82) is 0 Å². The van der Waals surface area contributed by atoms with E-state index >= 15 is 0 Å². The summed E-state index contributed by atoms with van der Waals surface area (Å²) in [7, 11) is 0. The highest BCUT2D eigenvalue weighted by Gasteiger charge is 2.20. The van der Waals surface area contributed by atoms with Crippen LogP contribution in [0.2, 0.25) is 0 Å². The number of rotatable bonds is 10. The van der Waals surface area contributed by atoms with E-state index in [0.717, 1.165) is 49.4 Å². The summed E-state index contributed by atoms with van der Waals surface area (Å²) in [6.45, 7) is 12.1. The molecule has 0 radical (unpaired) electrons. The van der Waals surface area contributed by atoms with Gasteiger partial charge >= 0.3 is 0 Å². The van der Waals surface area contributed by atoms with Crippen molar-refractivity contribution in [3.8, 4) is 5.75 Å². The van der Waals surface area contributed by atoms with Crippen LogP contribution in [-0.2, 0) is 6.42 Å². The molecule has 0 bridgehead atoms. The molecule has 1 aromatic carbocycles. The molecule has 0 amide bonds. The second-order valence-electron chi connectivity index (χ2n) is 8.95. The topological polar surface area (TPSA) is 106 Å². The van der Waals surface area contributed by atoms with E-state index in [1.54, 1.807) is 12.1 Å². The Balaban J connectivity index is 1.54. The molecule has 1 saturated heterocycles. The van der Waals surface area contributed by atoms with Crippen LogP contribution in [-0.4, -0.2) is 65.0 Å². The second kappa shape index (κ2) is 12.4. The van der Waals surface area contributed by atoms with Crippen LogP contribution in [0.15, 0.2) is 58.3 Å². The van der Waals surface area contributed by atoms with Crippen molar-refractivity contribution in [1.82, 2.24) is 25.4 Å². The van der Waals surface area contributed by atoms with Gasteiger partial charge in [-0.15, -0.1) is 0 Å². The number of aliphatic imine (C=N–C) groups is 2. The summed E-state index contributed by atoms with van der Waals surface area (Å²) in [5.74, 6) is 1.58. The largest absolute Gasteiger partial charge is 0.468 e. The highest BCUT2D eigenvalue weighted by atomic mass is 19.1. The third-order valence-electron chi connectivity index (χ3n) is 6.25. The molecule has 1 atom stereocenters. The van der Waals surface area contributed by atoms with Crippen LogP contribution in [0, 0.1) is 12.7 Å². The quantitative estimate of drug-likeness (QED) is 0.184. The summed E-state index contributed by atoms with van der Waals surface area (Å²) >= 11 is 0. The second-order valence-corrected chi connectivity index (χ2v) is 8.95. The number of hydrogen-bond acceptors (Lipinski definition) is 6. The Kier molecular flexibility index (Phi) is 8.73. The fourth-order valence-corrected chi connectivity index (χ4v) is 4.26. The van der Waals surface area contributed by atoms with E-state index in [9.17, 15) is 4.39 Å². The number of allylic oxidation sites excluding steroid dienone is 2. The number of piperazine rings is 1. The first kappa shape index (κ1) is 26.2. The number of anilines is 1. The number of aromatic amines is 2. The first-order valence-corrected chi connectivity index (χ1v) is 12.5. The van der Waals surface area contributed by atoms with Crippen molar-refractivity contribution < 1.29 is 9.13 Å². The molecule has 37 heavy (non-hydrogen) atoms. The standard InChI is InChI=1S/C27H35FN8O/c1-5-7-8-20-14-25(35-34-20)33-24(29-4)15-26(36-12-11-30-19(6-2)16-36)31-17-37-23-10-9-22-21(27(23)28)13-18(3)32-22/h5,7,9-10,13-15,19,30,32H,4,6,8,11-12,16-17H2,1-3H3,(H2,33,34,35)/b7-5+,24-15+,31-26+. The molecule has 0 aliphatic carbocycles. The molecule has 10 heteroatoms. The van der Waals surface area contributed by atoms with E-state index in [1.807, 2.05) is 38.1 Å². The fraction of sp³-hybridized carbons (Fsp3) is 0.370. The van der Waals surface area contributed by atoms with Crippen LogP contribution < -0.4 is 15.4 Å². The number of halogens is 1. The van der Waals surface area contributed by atoms with Crippen molar-refractivity contribution in [2.75, 3.05) is 31.7 Å². The van der Waals surface area contributed by atoms with Gasteiger partial charge in [0.1, 0.15) is 11.7 Å². The number of nitrogens with zero attached hydrogens (tertiary/aromatic N) is 4. The van der Waals surface area contributed by atoms with E-state index in [1.165, 1.54) is 0 Å². The van der Waals surface area contributed by atoms with Crippen molar-refractivity contribution in [2.24, 2.45) is 9.98 Å². The molecule has 2 aromatic heterocycles. The molecule has 3 aromatic rings. The van der Waals surface area contributed by atoms with Crippen LogP contribution in [0.3, 0.4) is 0 Å². The Morgan fingerprint density at radius 2 is 2.24 bits per heavy atom. The summed E-state index contributed by atoms with van der Waals surface area (Å²) in [6, 6.07) is 7.48. The molecule has 1 fully saturated rings. The fourth-order valence-electron chi connectivity index (χ4n) is 4.26. The maximum atomic E-state index is 15.0. The van der Waals surface area contributed by atoms with Crippen LogP contribution in [0.1, 0.15) is 31.7 Å². The molecule has 1 unspecified atom stereocenters. The van der Waals surface area contributed by atoms with Crippen LogP contribution in [0.25, 0.3) is 10.9 Å². The van der Waals surface area contributed by atoms with E-state index < -0.39 is 5.82 Å². The predicted octanol–water partition coefficient (Wildman–Crippen LogP) is 4.53. The highest BCUT2D eigenvalue weighted by Crippen LogP contribution is 2.27. The Morgan fingerprint density at radius 3 is 3.03 bits per heavy atom. The molecular weight excluding hydrogens is 471 g/mol. The Bertz CT molecular complexity index is 1300. The van der Waals surface area contributed by atoms with Gasteiger partial charge in [0.2, 0.25) is 0 Å². The van der Waals surface area contributed by atoms with Gasteiger partial charge in [-0.2, -0.15) is 5.10 Å². The number of benzene rings is 1. The summed E-state index contributed by atoms with van der Waals surface area (Å²) in [4.78, 5) is 14.2. The van der Waals surface area contributed by atoms with Gasteiger partial charge in [-0.25, -0.2) is 14.4 Å². The smallest absolute Gasteiger partial charge is 0.181 e. The minimum absolute atomic E-state index is 0.0429. The summed E-state index contributed by atoms with van der Waals surface area (Å²) in [6.07, 6.45) is 7.63. The van der Waals surface area contributed by atoms with Gasteiger partial charge in [0.25, 0.3) is 0 Å². The van der Waals surface area contributed by atoms with Gasteiger partial charge in [-0.3, -0.25) is 5.10 Å². The summed E-state index contributed by atoms with van der Waals surface area (Å²) in [5.41, 5.74) is 2.61. The van der Waals surface area contributed by atoms with Gasteiger partial charge < -0.3 is 25.3 Å². The van der Waals surface area contributed by atoms with E-state index in [0.29, 0.717) is 28.9 Å². The number of aromatic nitrogens is 3. The van der Waals surface area contributed by atoms with Crippen LogP contribution in [0.4, 0.5) is 10.2 Å². The van der Waals surface area contributed by atoms with Crippen molar-refractivity contribution >= 4 is 29.3 Å². The predicted molar refractivity (Wildman–Crippen MR) is 148 cm³/mol. The molecule has 1 aliphatic heterocycles. The molecule has 4 N–H and O–H groups in total. The minimum atomic E-state index is -0.398. The summed E-state index contributed by atoms with van der Waals surface area (Å²) in [5, 5.41) is 14.5. The minimum Gasteiger partial charge on any atom is -0.468 e. The van der Waals surface area contributed by atoms with Crippen molar-refractivity contribution in [2.45, 2.75) is 39.7 Å². The lowest BCUT2D eigenvalue weighted by atomic mass is 10.1. The van der Waals surface area contributed by atoms with Gasteiger partial charge in [0.15, 0.2) is 24.1 Å². The van der Waals surface area contributed by atoms with Crippen molar-refractivity contribution in [3.05, 3.63) is 65.5 Å². The molecular formula is C27H35FN8O. The first-order valence-electron chi connectivity index (χ1n) is 12.5. The maximum Gasteiger partial charge on any atom is 0.181 e. The van der Waals surface area contributed by atoms with Gasteiger partial charge in [-0.1, -0.05) is 19.1 Å². The zero-order chi connectivity index (χ0) is 26.2. The molecule has 3 heterocycles. The van der Waals surface area contributed by atoms with Gasteiger partial charge in [0.05, 0.1) is 0 Å². The maximum absolute atomic E-state index is 15.0. The zero-order valence-corrected chi connectivity index (χ0v) is 21.6.